The zero-order valence-electron chi connectivity index (χ0n) is 20.9. The Morgan fingerprint density at radius 2 is 1.80 bits per heavy atom. The summed E-state index contributed by atoms with van der Waals surface area (Å²) in [5.74, 6) is 2.78. The monoisotopic (exact) mass is 480 g/mol. The maximum Gasteiger partial charge on any atom is 0.222 e. The lowest BCUT2D eigenvalue weighted by atomic mass is 9.80. The largest absolute Gasteiger partial charge is 0.379 e. The van der Waals surface area contributed by atoms with Crippen molar-refractivity contribution in [2.45, 2.75) is 45.1 Å². The number of nitrogens with one attached hydrogen (secondary N) is 1. The second kappa shape index (κ2) is 12.2. The molecule has 2 aromatic rings. The van der Waals surface area contributed by atoms with Crippen LogP contribution in [0.2, 0.25) is 0 Å². The fraction of sp³-hybridized carbons (Fsp3) is 0.643. The maximum absolute atomic E-state index is 13.2. The molecule has 1 aromatic carbocycles. The normalized spacial score (nSPS) is 24.5. The predicted octanol–water partition coefficient (Wildman–Crippen LogP) is 3.15. The van der Waals surface area contributed by atoms with Gasteiger partial charge >= 0.3 is 0 Å². The highest BCUT2D eigenvalue weighted by atomic mass is 16.5. The van der Waals surface area contributed by atoms with Gasteiger partial charge in [0.25, 0.3) is 0 Å². The van der Waals surface area contributed by atoms with Crippen LogP contribution in [0.3, 0.4) is 0 Å². The molecular weight excluding hydrogens is 440 g/mol. The van der Waals surface area contributed by atoms with Gasteiger partial charge in [-0.05, 0) is 68.5 Å². The SMILES string of the molecule is O=C(C[C@H]1CCNC[C@@H]1Cc1cc(CN2CCOCC2)on1)N1CCC(Cc2ccccc2)CC1. The van der Waals surface area contributed by atoms with Gasteiger partial charge in [0.15, 0.2) is 5.76 Å². The highest BCUT2D eigenvalue weighted by Gasteiger charge is 2.31. The van der Waals surface area contributed by atoms with Crippen molar-refractivity contribution < 1.29 is 14.1 Å². The molecule has 5 rings (SSSR count). The first kappa shape index (κ1) is 24.5. The molecule has 0 saturated carbocycles. The zero-order valence-corrected chi connectivity index (χ0v) is 20.9. The van der Waals surface area contributed by atoms with E-state index in [1.54, 1.807) is 0 Å². The van der Waals surface area contributed by atoms with Gasteiger partial charge in [-0.15, -0.1) is 0 Å². The molecule has 0 unspecified atom stereocenters. The molecule has 0 bridgehead atoms. The molecule has 0 spiro atoms. The Morgan fingerprint density at radius 3 is 2.60 bits per heavy atom. The highest BCUT2D eigenvalue weighted by Crippen LogP contribution is 2.29. The Hall–Kier alpha value is -2.22. The predicted molar refractivity (Wildman–Crippen MR) is 135 cm³/mol. The van der Waals surface area contributed by atoms with Crippen LogP contribution in [0.25, 0.3) is 0 Å². The second-order valence-corrected chi connectivity index (χ2v) is 10.6. The molecule has 0 radical (unpaired) electrons. The number of piperidine rings is 2. The molecule has 1 amide bonds. The van der Waals surface area contributed by atoms with Crippen molar-refractivity contribution in [1.82, 2.24) is 20.3 Å². The van der Waals surface area contributed by atoms with Crippen LogP contribution in [0.5, 0.6) is 0 Å². The van der Waals surface area contributed by atoms with E-state index in [1.165, 1.54) is 5.56 Å². The van der Waals surface area contributed by atoms with E-state index in [0.29, 0.717) is 30.1 Å². The van der Waals surface area contributed by atoms with Crippen LogP contribution in [0.4, 0.5) is 0 Å². The van der Waals surface area contributed by atoms with E-state index in [4.69, 9.17) is 9.26 Å². The first-order valence-corrected chi connectivity index (χ1v) is 13.5. The van der Waals surface area contributed by atoms with Crippen molar-refractivity contribution >= 4 is 5.91 Å². The quantitative estimate of drug-likeness (QED) is 0.626. The number of nitrogens with zero attached hydrogens (tertiary/aromatic N) is 3. The molecule has 7 nitrogen and oxygen atoms in total. The number of morpholine rings is 1. The van der Waals surface area contributed by atoms with Gasteiger partial charge in [0, 0.05) is 38.7 Å². The average Bonchev–Trinajstić information content (AvgIpc) is 3.33. The summed E-state index contributed by atoms with van der Waals surface area (Å²) >= 11 is 0. The van der Waals surface area contributed by atoms with Crippen molar-refractivity contribution in [3.05, 3.63) is 53.4 Å². The minimum Gasteiger partial charge on any atom is -0.379 e. The van der Waals surface area contributed by atoms with Crippen LogP contribution in [0, 0.1) is 17.8 Å². The summed E-state index contributed by atoms with van der Waals surface area (Å²) in [7, 11) is 0. The molecule has 4 heterocycles. The second-order valence-electron chi connectivity index (χ2n) is 10.6. The topological polar surface area (TPSA) is 70.8 Å². The van der Waals surface area contributed by atoms with Gasteiger partial charge < -0.3 is 19.5 Å². The number of ether oxygens (including phenoxy) is 1. The van der Waals surface area contributed by atoms with Crippen molar-refractivity contribution in [2.75, 3.05) is 52.5 Å². The van der Waals surface area contributed by atoms with Crippen molar-refractivity contribution in [3.8, 4) is 0 Å². The summed E-state index contributed by atoms with van der Waals surface area (Å²) < 4.78 is 11.1. The summed E-state index contributed by atoms with van der Waals surface area (Å²) in [6.45, 7) is 8.00. The molecule has 3 fully saturated rings. The average molecular weight is 481 g/mol. The molecule has 7 heteroatoms. The van der Waals surface area contributed by atoms with Crippen LogP contribution >= 0.6 is 0 Å². The van der Waals surface area contributed by atoms with E-state index >= 15 is 0 Å². The molecule has 190 valence electrons. The van der Waals surface area contributed by atoms with E-state index in [-0.39, 0.29) is 0 Å². The molecule has 2 atom stereocenters. The van der Waals surface area contributed by atoms with Gasteiger partial charge in [-0.3, -0.25) is 9.69 Å². The third-order valence-electron chi connectivity index (χ3n) is 8.10. The molecular formula is C28H40N4O3. The summed E-state index contributed by atoms with van der Waals surface area (Å²) in [5, 5.41) is 7.90. The van der Waals surface area contributed by atoms with E-state index in [2.05, 4.69) is 56.7 Å². The van der Waals surface area contributed by atoms with Crippen molar-refractivity contribution in [2.24, 2.45) is 17.8 Å². The summed E-state index contributed by atoms with van der Waals surface area (Å²) in [5.41, 5.74) is 2.43. The van der Waals surface area contributed by atoms with Crippen LogP contribution in [-0.2, 0) is 28.9 Å². The van der Waals surface area contributed by atoms with Gasteiger partial charge in [-0.25, -0.2) is 0 Å². The van der Waals surface area contributed by atoms with E-state index in [9.17, 15) is 4.79 Å². The molecule has 1 N–H and O–H groups in total. The molecule has 3 saturated heterocycles. The third kappa shape index (κ3) is 6.93. The Morgan fingerprint density at radius 1 is 1.00 bits per heavy atom. The summed E-state index contributed by atoms with van der Waals surface area (Å²) in [4.78, 5) is 17.7. The number of aromatic nitrogens is 1. The van der Waals surface area contributed by atoms with Gasteiger partial charge in [0.05, 0.1) is 25.5 Å². The van der Waals surface area contributed by atoms with E-state index < -0.39 is 0 Å². The number of amides is 1. The number of carbonyl (C=O) groups is 1. The lowest BCUT2D eigenvalue weighted by Crippen LogP contribution is -2.43. The Balaban J connectivity index is 1.09. The number of hydrogen-bond acceptors (Lipinski definition) is 6. The number of likely N-dealkylation sites (tertiary alicyclic amines) is 1. The summed E-state index contributed by atoms with van der Waals surface area (Å²) in [6.07, 6.45) is 5.94. The number of carbonyl (C=O) groups excluding carboxylic acids is 1. The Kier molecular flexibility index (Phi) is 8.50. The van der Waals surface area contributed by atoms with Crippen LogP contribution in [-0.4, -0.2) is 73.3 Å². The highest BCUT2D eigenvalue weighted by molar-refractivity contribution is 5.76. The van der Waals surface area contributed by atoms with Crippen LogP contribution in [0.15, 0.2) is 40.9 Å². The lowest BCUT2D eigenvalue weighted by Gasteiger charge is -2.36. The van der Waals surface area contributed by atoms with E-state index in [1.807, 2.05) is 0 Å². The third-order valence-corrected chi connectivity index (χ3v) is 8.10. The number of hydrogen-bond donors (Lipinski definition) is 1. The number of benzene rings is 1. The molecule has 0 aliphatic carbocycles. The van der Waals surface area contributed by atoms with E-state index in [0.717, 1.165) is 103 Å². The van der Waals surface area contributed by atoms with Gasteiger partial charge in [0.1, 0.15) is 0 Å². The molecule has 3 aliphatic rings. The zero-order chi connectivity index (χ0) is 23.9. The number of rotatable bonds is 8. The van der Waals surface area contributed by atoms with Crippen molar-refractivity contribution in [3.63, 3.8) is 0 Å². The first-order chi connectivity index (χ1) is 17.2. The fourth-order valence-corrected chi connectivity index (χ4v) is 5.95. The summed E-state index contributed by atoms with van der Waals surface area (Å²) in [6, 6.07) is 12.9. The lowest BCUT2D eigenvalue weighted by molar-refractivity contribution is -0.134. The van der Waals surface area contributed by atoms with Gasteiger partial charge in [0.2, 0.25) is 5.91 Å². The van der Waals surface area contributed by atoms with Crippen LogP contribution in [0.1, 0.15) is 42.7 Å². The first-order valence-electron chi connectivity index (χ1n) is 13.5. The maximum atomic E-state index is 13.2. The molecule has 3 aliphatic heterocycles. The Labute approximate surface area is 209 Å². The van der Waals surface area contributed by atoms with Gasteiger partial charge in [-0.2, -0.15) is 0 Å². The smallest absolute Gasteiger partial charge is 0.222 e. The minimum absolute atomic E-state index is 0.341. The van der Waals surface area contributed by atoms with Gasteiger partial charge in [-0.1, -0.05) is 35.5 Å². The molecule has 35 heavy (non-hydrogen) atoms. The fourth-order valence-electron chi connectivity index (χ4n) is 5.95. The van der Waals surface area contributed by atoms with Crippen LogP contribution < -0.4 is 5.32 Å². The Bertz CT molecular complexity index is 919. The van der Waals surface area contributed by atoms with Crippen molar-refractivity contribution in [1.29, 1.82) is 0 Å². The standard InChI is InChI=1S/C28H40N4O3/c33-28(32-10-7-23(8-11-32)16-22-4-2-1-3-5-22)18-24-6-9-29-20-25(24)17-26-19-27(35-30-26)21-31-12-14-34-15-13-31/h1-5,19,23-25,29H,6-18,20-21H2/t24-,25+/m1/s1. The molecule has 1 aromatic heterocycles. The minimum atomic E-state index is 0.341.